The predicted octanol–water partition coefficient (Wildman–Crippen LogP) is 2.52. The molecule has 1 saturated heterocycles. The first kappa shape index (κ1) is 21.8. The Morgan fingerprint density at radius 1 is 1.09 bits per heavy atom. The lowest BCUT2D eigenvalue weighted by atomic mass is 9.98. The van der Waals surface area contributed by atoms with Gasteiger partial charge in [-0.3, -0.25) is 9.59 Å². The lowest BCUT2D eigenvalue weighted by molar-refractivity contribution is -0.143. The number of alkyl carbamates (subject to hydrolysis) is 1. The summed E-state index contributed by atoms with van der Waals surface area (Å²) in [5.74, 6) is -1.89. The number of carboxylic acids is 1. The first-order valence-corrected chi connectivity index (χ1v) is 10.7. The molecule has 32 heavy (non-hydrogen) atoms. The van der Waals surface area contributed by atoms with Gasteiger partial charge in [-0.1, -0.05) is 48.5 Å². The first-order valence-electron chi connectivity index (χ1n) is 10.7. The van der Waals surface area contributed by atoms with E-state index in [9.17, 15) is 14.4 Å². The maximum atomic E-state index is 12.4. The molecule has 2 aromatic rings. The fourth-order valence-corrected chi connectivity index (χ4v) is 4.35. The number of fused-ring (bicyclic) bond motifs is 3. The van der Waals surface area contributed by atoms with Gasteiger partial charge in [0.2, 0.25) is 5.91 Å². The molecule has 0 spiro atoms. The van der Waals surface area contributed by atoms with Gasteiger partial charge in [-0.15, -0.1) is 0 Å². The van der Waals surface area contributed by atoms with Crippen molar-refractivity contribution in [2.45, 2.75) is 31.4 Å². The van der Waals surface area contributed by atoms with Crippen molar-refractivity contribution in [1.29, 1.82) is 0 Å². The van der Waals surface area contributed by atoms with Crippen LogP contribution in [0.15, 0.2) is 48.5 Å². The Kier molecular flexibility index (Phi) is 6.41. The molecule has 1 aliphatic carbocycles. The van der Waals surface area contributed by atoms with Gasteiger partial charge in [0.25, 0.3) is 0 Å². The van der Waals surface area contributed by atoms with Crippen LogP contribution in [-0.2, 0) is 19.1 Å². The molecule has 8 heteroatoms. The van der Waals surface area contributed by atoms with Crippen molar-refractivity contribution in [2.24, 2.45) is 5.92 Å². The van der Waals surface area contributed by atoms with E-state index in [0.717, 1.165) is 22.3 Å². The van der Waals surface area contributed by atoms with E-state index in [4.69, 9.17) is 14.6 Å². The second-order valence-electron chi connectivity index (χ2n) is 8.12. The SMILES string of the molecule is CC(NC(=O)C1OCCC1CNC(=O)OCC1c2ccccc2-c2ccccc21)C(=O)O. The van der Waals surface area contributed by atoms with Crippen LogP contribution in [-0.4, -0.2) is 55.0 Å². The highest BCUT2D eigenvalue weighted by Crippen LogP contribution is 2.44. The molecule has 2 amide bonds. The van der Waals surface area contributed by atoms with Gasteiger partial charge in [0, 0.05) is 25.0 Å². The third-order valence-electron chi connectivity index (χ3n) is 6.05. The predicted molar refractivity (Wildman–Crippen MR) is 116 cm³/mol. The molecule has 8 nitrogen and oxygen atoms in total. The average Bonchev–Trinajstić information content (AvgIpc) is 3.39. The van der Waals surface area contributed by atoms with Crippen molar-refractivity contribution in [2.75, 3.05) is 19.8 Å². The average molecular weight is 438 g/mol. The van der Waals surface area contributed by atoms with E-state index in [-0.39, 0.29) is 25.0 Å². The number of ether oxygens (including phenoxy) is 2. The topological polar surface area (TPSA) is 114 Å². The van der Waals surface area contributed by atoms with Crippen LogP contribution in [0, 0.1) is 5.92 Å². The summed E-state index contributed by atoms with van der Waals surface area (Å²) in [4.78, 5) is 35.6. The molecule has 2 aromatic carbocycles. The number of carbonyl (C=O) groups excluding carboxylic acids is 2. The van der Waals surface area contributed by atoms with Crippen LogP contribution in [0.2, 0.25) is 0 Å². The van der Waals surface area contributed by atoms with Crippen LogP contribution >= 0.6 is 0 Å². The van der Waals surface area contributed by atoms with E-state index in [1.165, 1.54) is 6.92 Å². The number of rotatable bonds is 7. The van der Waals surface area contributed by atoms with Crippen LogP contribution in [0.3, 0.4) is 0 Å². The standard InChI is InChI=1S/C24H26N2O6/c1-14(23(28)29)26-22(27)21-15(10-11-31-21)12-25-24(30)32-13-20-18-8-4-2-6-16(18)17-7-3-5-9-19(17)20/h2-9,14-15,20-21H,10-13H2,1H3,(H,25,30)(H,26,27)(H,28,29). The van der Waals surface area contributed by atoms with Gasteiger partial charge in [-0.05, 0) is 35.6 Å². The summed E-state index contributed by atoms with van der Waals surface area (Å²) in [6.07, 6.45) is -0.772. The highest BCUT2D eigenvalue weighted by atomic mass is 16.5. The van der Waals surface area contributed by atoms with E-state index >= 15 is 0 Å². The molecule has 3 atom stereocenters. The minimum Gasteiger partial charge on any atom is -0.480 e. The lowest BCUT2D eigenvalue weighted by Gasteiger charge is -2.20. The summed E-state index contributed by atoms with van der Waals surface area (Å²) in [6.45, 7) is 2.17. The van der Waals surface area contributed by atoms with Gasteiger partial charge in [-0.25, -0.2) is 4.79 Å². The number of aliphatic carboxylic acids is 1. The maximum Gasteiger partial charge on any atom is 0.407 e. The summed E-state index contributed by atoms with van der Waals surface area (Å²) >= 11 is 0. The van der Waals surface area contributed by atoms with Crippen LogP contribution in [0.4, 0.5) is 4.79 Å². The summed E-state index contributed by atoms with van der Waals surface area (Å²) in [7, 11) is 0. The smallest absolute Gasteiger partial charge is 0.407 e. The molecule has 0 saturated carbocycles. The summed E-state index contributed by atoms with van der Waals surface area (Å²) in [5, 5.41) is 14.1. The van der Waals surface area contributed by atoms with E-state index in [2.05, 4.69) is 34.9 Å². The minimum atomic E-state index is -1.12. The minimum absolute atomic E-state index is 0.0287. The van der Waals surface area contributed by atoms with Crippen molar-refractivity contribution in [3.8, 4) is 11.1 Å². The van der Waals surface area contributed by atoms with E-state index in [0.29, 0.717) is 13.0 Å². The fraction of sp³-hybridized carbons (Fsp3) is 0.375. The van der Waals surface area contributed by atoms with Crippen molar-refractivity contribution in [1.82, 2.24) is 10.6 Å². The lowest BCUT2D eigenvalue weighted by Crippen LogP contribution is -2.47. The monoisotopic (exact) mass is 438 g/mol. The zero-order valence-electron chi connectivity index (χ0n) is 17.7. The Labute approximate surface area is 185 Å². The Bertz CT molecular complexity index is 978. The third kappa shape index (κ3) is 4.45. The molecule has 3 unspecified atom stereocenters. The zero-order valence-corrected chi connectivity index (χ0v) is 17.7. The second kappa shape index (κ2) is 9.40. The second-order valence-corrected chi connectivity index (χ2v) is 8.12. The Hall–Kier alpha value is -3.39. The molecule has 3 N–H and O–H groups in total. The number of hydrogen-bond donors (Lipinski definition) is 3. The Morgan fingerprint density at radius 2 is 1.72 bits per heavy atom. The van der Waals surface area contributed by atoms with Crippen LogP contribution in [0.5, 0.6) is 0 Å². The Morgan fingerprint density at radius 3 is 2.34 bits per heavy atom. The largest absolute Gasteiger partial charge is 0.480 e. The normalized spacial score (nSPS) is 20.2. The van der Waals surface area contributed by atoms with E-state index in [1.807, 2.05) is 24.3 Å². The first-order chi connectivity index (χ1) is 15.5. The molecule has 1 heterocycles. The molecule has 168 valence electrons. The number of amides is 2. The molecule has 0 radical (unpaired) electrons. The molecule has 1 aliphatic heterocycles. The van der Waals surface area contributed by atoms with Gasteiger partial charge in [0.15, 0.2) is 0 Å². The van der Waals surface area contributed by atoms with Gasteiger partial charge < -0.3 is 25.2 Å². The third-order valence-corrected chi connectivity index (χ3v) is 6.05. The van der Waals surface area contributed by atoms with Crippen LogP contribution < -0.4 is 10.6 Å². The molecule has 0 bridgehead atoms. The molecular weight excluding hydrogens is 412 g/mol. The summed E-state index contributed by atoms with van der Waals surface area (Å²) < 4.78 is 11.0. The van der Waals surface area contributed by atoms with E-state index in [1.54, 1.807) is 0 Å². The van der Waals surface area contributed by atoms with Crippen LogP contribution in [0.1, 0.15) is 30.4 Å². The summed E-state index contributed by atoms with van der Waals surface area (Å²) in [5.41, 5.74) is 4.58. The number of carbonyl (C=O) groups is 3. The molecule has 4 rings (SSSR count). The van der Waals surface area contributed by atoms with E-state index < -0.39 is 30.1 Å². The summed E-state index contributed by atoms with van der Waals surface area (Å²) in [6, 6.07) is 15.2. The number of hydrogen-bond acceptors (Lipinski definition) is 5. The van der Waals surface area contributed by atoms with Crippen molar-refractivity contribution < 1.29 is 29.0 Å². The van der Waals surface area contributed by atoms with Crippen molar-refractivity contribution in [3.63, 3.8) is 0 Å². The highest BCUT2D eigenvalue weighted by Gasteiger charge is 2.36. The Balaban J connectivity index is 1.31. The van der Waals surface area contributed by atoms with Gasteiger partial charge in [0.05, 0.1) is 0 Å². The van der Waals surface area contributed by atoms with Gasteiger partial charge in [0.1, 0.15) is 18.8 Å². The maximum absolute atomic E-state index is 12.4. The van der Waals surface area contributed by atoms with Gasteiger partial charge in [-0.2, -0.15) is 0 Å². The highest BCUT2D eigenvalue weighted by molar-refractivity contribution is 5.86. The van der Waals surface area contributed by atoms with Crippen LogP contribution in [0.25, 0.3) is 11.1 Å². The number of nitrogens with one attached hydrogen (secondary N) is 2. The zero-order chi connectivity index (χ0) is 22.7. The molecular formula is C24H26N2O6. The quantitative estimate of drug-likeness (QED) is 0.612. The van der Waals surface area contributed by atoms with Crippen molar-refractivity contribution >= 4 is 18.0 Å². The molecule has 2 aliphatic rings. The number of benzene rings is 2. The van der Waals surface area contributed by atoms with Crippen molar-refractivity contribution in [3.05, 3.63) is 59.7 Å². The molecule has 0 aromatic heterocycles. The van der Waals surface area contributed by atoms with Gasteiger partial charge >= 0.3 is 12.1 Å². The number of carboxylic acid groups (broad SMARTS) is 1. The molecule has 1 fully saturated rings. The fourth-order valence-electron chi connectivity index (χ4n) is 4.35.